The van der Waals surface area contributed by atoms with E-state index in [9.17, 15) is 9.59 Å². The van der Waals surface area contributed by atoms with Gasteiger partial charge in [0, 0.05) is 5.02 Å². The summed E-state index contributed by atoms with van der Waals surface area (Å²) in [5, 5.41) is 11.7. The van der Waals surface area contributed by atoms with Gasteiger partial charge in [0.05, 0.1) is 13.7 Å². The number of halogens is 1. The molecule has 0 heterocycles. The molecule has 1 atom stereocenters. The lowest BCUT2D eigenvalue weighted by Gasteiger charge is -2.14. The van der Waals surface area contributed by atoms with Crippen LogP contribution in [-0.4, -0.2) is 43.3 Å². The smallest absolute Gasteiger partial charge is 0.330 e. The zero-order valence-corrected chi connectivity index (χ0v) is 11.0. The fourth-order valence-corrected chi connectivity index (χ4v) is 1.44. The zero-order valence-electron chi connectivity index (χ0n) is 10.3. The molecule has 0 fully saturated rings. The number of rotatable bonds is 6. The van der Waals surface area contributed by atoms with Gasteiger partial charge in [-0.1, -0.05) is 17.7 Å². The highest BCUT2D eigenvalue weighted by Crippen LogP contribution is 2.16. The van der Waals surface area contributed by atoms with Crippen molar-refractivity contribution in [3.05, 3.63) is 29.3 Å². The minimum atomic E-state index is -1.10. The summed E-state index contributed by atoms with van der Waals surface area (Å²) >= 11 is 5.75. The van der Waals surface area contributed by atoms with Gasteiger partial charge < -0.3 is 19.9 Å². The van der Waals surface area contributed by atoms with E-state index in [1.807, 2.05) is 0 Å². The van der Waals surface area contributed by atoms with Crippen LogP contribution in [0, 0.1) is 0 Å². The number of carbonyl (C=O) groups is 2. The van der Waals surface area contributed by atoms with Gasteiger partial charge in [-0.2, -0.15) is 0 Å². The third-order valence-corrected chi connectivity index (χ3v) is 2.40. The molecule has 19 heavy (non-hydrogen) atoms. The van der Waals surface area contributed by atoms with Gasteiger partial charge in [-0.15, -0.1) is 0 Å². The largest absolute Gasteiger partial charge is 0.484 e. The van der Waals surface area contributed by atoms with Crippen LogP contribution in [0.1, 0.15) is 0 Å². The molecule has 6 nitrogen and oxygen atoms in total. The summed E-state index contributed by atoms with van der Waals surface area (Å²) in [6, 6.07) is 5.45. The number of carbonyl (C=O) groups excluding carboxylic acids is 2. The molecule has 0 saturated heterocycles. The first-order valence-electron chi connectivity index (χ1n) is 5.43. The molecule has 0 aliphatic rings. The van der Waals surface area contributed by atoms with E-state index in [0.717, 1.165) is 0 Å². The number of methoxy groups -OCH3 is 1. The first-order chi connectivity index (χ1) is 9.06. The molecule has 0 spiro atoms. The Labute approximate surface area is 115 Å². The fraction of sp³-hybridized carbons (Fsp3) is 0.333. The van der Waals surface area contributed by atoms with E-state index in [2.05, 4.69) is 10.1 Å². The van der Waals surface area contributed by atoms with Gasteiger partial charge in [0.1, 0.15) is 5.75 Å². The van der Waals surface area contributed by atoms with E-state index in [1.165, 1.54) is 7.11 Å². The molecule has 1 aromatic rings. The third kappa shape index (κ3) is 5.15. The Morgan fingerprint density at radius 3 is 2.79 bits per heavy atom. The highest BCUT2D eigenvalue weighted by Gasteiger charge is 2.20. The van der Waals surface area contributed by atoms with Gasteiger partial charge in [0.2, 0.25) is 0 Å². The van der Waals surface area contributed by atoms with Gasteiger partial charge in [-0.3, -0.25) is 4.79 Å². The van der Waals surface area contributed by atoms with Gasteiger partial charge in [0.25, 0.3) is 5.91 Å². The van der Waals surface area contributed by atoms with Crippen molar-refractivity contribution in [2.75, 3.05) is 20.3 Å². The van der Waals surface area contributed by atoms with Crippen LogP contribution in [0.25, 0.3) is 0 Å². The molecule has 7 heteroatoms. The summed E-state index contributed by atoms with van der Waals surface area (Å²) in [6.07, 6.45) is 0. The van der Waals surface area contributed by atoms with Crippen molar-refractivity contribution in [1.29, 1.82) is 0 Å². The lowest BCUT2D eigenvalue weighted by molar-refractivity contribution is -0.146. The van der Waals surface area contributed by atoms with Crippen molar-refractivity contribution < 1.29 is 24.2 Å². The summed E-state index contributed by atoms with van der Waals surface area (Å²) in [5.41, 5.74) is 0. The Bertz CT molecular complexity index is 452. The van der Waals surface area contributed by atoms with Crippen molar-refractivity contribution in [2.45, 2.75) is 6.04 Å². The normalized spacial score (nSPS) is 11.5. The molecular weight excluding hydrogens is 274 g/mol. The van der Waals surface area contributed by atoms with Crippen LogP contribution >= 0.6 is 11.6 Å². The van der Waals surface area contributed by atoms with Crippen LogP contribution in [0.5, 0.6) is 5.75 Å². The van der Waals surface area contributed by atoms with Gasteiger partial charge in [-0.25, -0.2) is 4.79 Å². The Kier molecular flexibility index (Phi) is 6.11. The van der Waals surface area contributed by atoms with Crippen LogP contribution in [-0.2, 0) is 14.3 Å². The average Bonchev–Trinajstić information content (AvgIpc) is 2.41. The molecule has 2 N–H and O–H groups in total. The summed E-state index contributed by atoms with van der Waals surface area (Å²) in [5.74, 6) is -0.843. The maximum atomic E-state index is 11.5. The van der Waals surface area contributed by atoms with Crippen LogP contribution in [0.4, 0.5) is 0 Å². The molecule has 104 valence electrons. The molecule has 0 saturated carbocycles. The SMILES string of the molecule is COC(=O)[C@H](CO)NC(=O)COc1cccc(Cl)c1. The van der Waals surface area contributed by atoms with Crippen molar-refractivity contribution >= 4 is 23.5 Å². The fourth-order valence-electron chi connectivity index (χ4n) is 1.26. The third-order valence-electron chi connectivity index (χ3n) is 2.17. The topological polar surface area (TPSA) is 84.9 Å². The van der Waals surface area contributed by atoms with Crippen molar-refractivity contribution in [2.24, 2.45) is 0 Å². The maximum Gasteiger partial charge on any atom is 0.330 e. The molecule has 1 amide bonds. The highest BCUT2D eigenvalue weighted by molar-refractivity contribution is 6.30. The first kappa shape index (κ1) is 15.3. The Balaban J connectivity index is 2.45. The summed E-state index contributed by atoms with van der Waals surface area (Å²) in [4.78, 5) is 22.6. The Morgan fingerprint density at radius 2 is 2.21 bits per heavy atom. The predicted molar refractivity (Wildman–Crippen MR) is 68.0 cm³/mol. The zero-order chi connectivity index (χ0) is 14.3. The number of esters is 1. The minimum Gasteiger partial charge on any atom is -0.484 e. The Morgan fingerprint density at radius 1 is 1.47 bits per heavy atom. The number of aliphatic hydroxyl groups excluding tert-OH is 1. The Hall–Kier alpha value is -1.79. The molecule has 0 unspecified atom stereocenters. The maximum absolute atomic E-state index is 11.5. The molecular formula is C12H14ClNO5. The monoisotopic (exact) mass is 287 g/mol. The van der Waals surface area contributed by atoms with E-state index < -0.39 is 24.5 Å². The molecule has 0 aromatic heterocycles. The van der Waals surface area contributed by atoms with E-state index in [0.29, 0.717) is 10.8 Å². The number of benzene rings is 1. The van der Waals surface area contributed by atoms with Crippen molar-refractivity contribution in [1.82, 2.24) is 5.32 Å². The average molecular weight is 288 g/mol. The molecule has 0 aliphatic carbocycles. The van der Waals surface area contributed by atoms with E-state index in [1.54, 1.807) is 24.3 Å². The second-order valence-corrected chi connectivity index (χ2v) is 4.01. The molecule has 0 radical (unpaired) electrons. The summed E-state index contributed by atoms with van der Waals surface area (Å²) < 4.78 is 9.59. The number of hydrogen-bond acceptors (Lipinski definition) is 5. The van der Waals surface area contributed by atoms with E-state index >= 15 is 0 Å². The second kappa shape index (κ2) is 7.60. The van der Waals surface area contributed by atoms with E-state index in [4.69, 9.17) is 21.4 Å². The van der Waals surface area contributed by atoms with Crippen molar-refractivity contribution in [3.63, 3.8) is 0 Å². The quantitative estimate of drug-likeness (QED) is 0.739. The molecule has 0 bridgehead atoms. The first-order valence-corrected chi connectivity index (χ1v) is 5.81. The predicted octanol–water partition coefficient (Wildman–Crippen LogP) is 0.369. The standard InChI is InChI=1S/C12H14ClNO5/c1-18-12(17)10(6-15)14-11(16)7-19-9-4-2-3-8(13)5-9/h2-5,10,15H,6-7H2,1H3,(H,14,16)/t10-/m0/s1. The molecule has 1 rings (SSSR count). The minimum absolute atomic E-state index is 0.298. The number of aliphatic hydroxyl groups is 1. The number of nitrogens with one attached hydrogen (secondary N) is 1. The molecule has 1 aromatic carbocycles. The summed E-state index contributed by atoms with van der Waals surface area (Å²) in [6.45, 7) is -0.844. The van der Waals surface area contributed by atoms with Gasteiger partial charge in [-0.05, 0) is 18.2 Å². The van der Waals surface area contributed by atoms with E-state index in [-0.39, 0.29) is 6.61 Å². The van der Waals surface area contributed by atoms with Gasteiger partial charge >= 0.3 is 5.97 Å². The number of amides is 1. The van der Waals surface area contributed by atoms with Gasteiger partial charge in [0.15, 0.2) is 12.6 Å². The van der Waals surface area contributed by atoms with Crippen LogP contribution < -0.4 is 10.1 Å². The van der Waals surface area contributed by atoms with Crippen LogP contribution in [0.15, 0.2) is 24.3 Å². The second-order valence-electron chi connectivity index (χ2n) is 3.57. The van der Waals surface area contributed by atoms with Crippen molar-refractivity contribution in [3.8, 4) is 5.75 Å². The van der Waals surface area contributed by atoms with Crippen LogP contribution in [0.2, 0.25) is 5.02 Å². The highest BCUT2D eigenvalue weighted by atomic mass is 35.5. The number of hydrogen-bond donors (Lipinski definition) is 2. The lowest BCUT2D eigenvalue weighted by atomic mass is 10.3. The number of ether oxygens (including phenoxy) is 2. The lowest BCUT2D eigenvalue weighted by Crippen LogP contribution is -2.45. The summed E-state index contributed by atoms with van der Waals surface area (Å²) in [7, 11) is 1.17. The molecule has 0 aliphatic heterocycles. The van der Waals surface area contributed by atoms with Crippen LogP contribution in [0.3, 0.4) is 0 Å².